The van der Waals surface area contributed by atoms with Gasteiger partial charge in [0.25, 0.3) is 0 Å². The highest BCUT2D eigenvalue weighted by Gasteiger charge is 2.17. The first-order valence-electron chi connectivity index (χ1n) is 7.08. The van der Waals surface area contributed by atoms with Crippen molar-refractivity contribution in [2.75, 3.05) is 18.5 Å². The third-order valence-corrected chi connectivity index (χ3v) is 3.60. The molecule has 0 unspecified atom stereocenters. The number of rotatable bonds is 5. The first kappa shape index (κ1) is 14.6. The lowest BCUT2D eigenvalue weighted by molar-refractivity contribution is 0.721. The van der Waals surface area contributed by atoms with Gasteiger partial charge in [-0.2, -0.15) is 5.10 Å². The summed E-state index contributed by atoms with van der Waals surface area (Å²) in [6.07, 6.45) is 0. The number of hydrogen-bond donors (Lipinski definition) is 1. The third kappa shape index (κ3) is 2.85. The number of benzene rings is 1. The van der Waals surface area contributed by atoms with E-state index in [2.05, 4.69) is 67.4 Å². The first-order chi connectivity index (χ1) is 9.54. The van der Waals surface area contributed by atoms with Crippen molar-refractivity contribution < 1.29 is 0 Å². The van der Waals surface area contributed by atoms with Gasteiger partial charge >= 0.3 is 0 Å². The van der Waals surface area contributed by atoms with Gasteiger partial charge in [0.05, 0.1) is 5.69 Å². The molecule has 1 heterocycles. The molecule has 108 valence electrons. The Labute approximate surface area is 121 Å². The van der Waals surface area contributed by atoms with Gasteiger partial charge in [-0.1, -0.05) is 24.6 Å². The molecule has 4 nitrogen and oxygen atoms in total. The highest BCUT2D eigenvalue weighted by Crippen LogP contribution is 2.28. The summed E-state index contributed by atoms with van der Waals surface area (Å²) in [6.45, 7) is 8.10. The van der Waals surface area contributed by atoms with E-state index in [0.717, 1.165) is 24.6 Å². The summed E-state index contributed by atoms with van der Waals surface area (Å²) in [6, 6.07) is 8.57. The van der Waals surface area contributed by atoms with Crippen LogP contribution in [0.1, 0.15) is 23.7 Å². The maximum atomic E-state index is 4.56. The number of hydrogen-bond acceptors (Lipinski definition) is 3. The van der Waals surface area contributed by atoms with Crippen molar-refractivity contribution in [3.8, 4) is 0 Å². The van der Waals surface area contributed by atoms with Crippen LogP contribution in [0, 0.1) is 13.8 Å². The molecule has 1 aromatic carbocycles. The summed E-state index contributed by atoms with van der Waals surface area (Å²) in [5.41, 5.74) is 4.80. The molecule has 0 amide bonds. The van der Waals surface area contributed by atoms with Crippen LogP contribution in [0.2, 0.25) is 0 Å². The average Bonchev–Trinajstić information content (AvgIpc) is 2.70. The molecule has 4 heteroatoms. The standard InChI is InChI=1S/C16H24N4/c1-6-17-11-15-13(3)18-20(5)16(15)19(4)14-9-7-12(2)8-10-14/h7-10,17H,6,11H2,1-5H3. The van der Waals surface area contributed by atoms with Crippen LogP contribution < -0.4 is 10.2 Å². The minimum atomic E-state index is 0.849. The van der Waals surface area contributed by atoms with Gasteiger partial charge in [-0.05, 0) is 32.5 Å². The summed E-state index contributed by atoms with van der Waals surface area (Å²) in [5, 5.41) is 7.96. The number of anilines is 2. The summed E-state index contributed by atoms with van der Waals surface area (Å²) in [4.78, 5) is 2.20. The van der Waals surface area contributed by atoms with E-state index in [0.29, 0.717) is 0 Å². The summed E-state index contributed by atoms with van der Waals surface area (Å²) in [7, 11) is 4.10. The van der Waals surface area contributed by atoms with E-state index in [-0.39, 0.29) is 0 Å². The monoisotopic (exact) mass is 272 g/mol. The second-order valence-corrected chi connectivity index (χ2v) is 5.19. The Kier molecular flexibility index (Phi) is 4.45. The Bertz CT molecular complexity index is 569. The van der Waals surface area contributed by atoms with E-state index in [1.165, 1.54) is 16.8 Å². The third-order valence-electron chi connectivity index (χ3n) is 3.60. The maximum Gasteiger partial charge on any atom is 0.135 e. The van der Waals surface area contributed by atoms with Gasteiger partial charge in [0, 0.05) is 31.9 Å². The predicted octanol–water partition coefficient (Wildman–Crippen LogP) is 2.91. The molecule has 0 fully saturated rings. The molecule has 0 aliphatic carbocycles. The Morgan fingerprint density at radius 1 is 1.20 bits per heavy atom. The van der Waals surface area contributed by atoms with E-state index in [1.807, 2.05) is 11.7 Å². The fourth-order valence-corrected chi connectivity index (χ4v) is 2.46. The molecular formula is C16H24N4. The Morgan fingerprint density at radius 3 is 2.45 bits per heavy atom. The van der Waals surface area contributed by atoms with Crippen LogP contribution in [-0.2, 0) is 13.6 Å². The Hall–Kier alpha value is -1.81. The van der Waals surface area contributed by atoms with Crippen molar-refractivity contribution in [1.82, 2.24) is 15.1 Å². The zero-order valence-corrected chi connectivity index (χ0v) is 13.1. The SMILES string of the molecule is CCNCc1c(C)nn(C)c1N(C)c1ccc(C)cc1. The molecule has 2 rings (SSSR count). The maximum absolute atomic E-state index is 4.56. The van der Waals surface area contributed by atoms with Crippen LogP contribution in [0.3, 0.4) is 0 Å². The highest BCUT2D eigenvalue weighted by atomic mass is 15.4. The van der Waals surface area contributed by atoms with Crippen molar-refractivity contribution >= 4 is 11.5 Å². The molecule has 20 heavy (non-hydrogen) atoms. The number of aryl methyl sites for hydroxylation is 3. The Balaban J connectivity index is 2.37. The first-order valence-corrected chi connectivity index (χ1v) is 7.08. The van der Waals surface area contributed by atoms with Gasteiger partial charge in [0.15, 0.2) is 0 Å². The zero-order valence-electron chi connectivity index (χ0n) is 13.1. The van der Waals surface area contributed by atoms with Crippen molar-refractivity contribution in [2.45, 2.75) is 27.3 Å². The molecule has 0 saturated carbocycles. The zero-order chi connectivity index (χ0) is 14.7. The molecule has 1 N–H and O–H groups in total. The lowest BCUT2D eigenvalue weighted by atomic mass is 10.2. The molecule has 0 radical (unpaired) electrons. The minimum Gasteiger partial charge on any atom is -0.329 e. The molecule has 0 saturated heterocycles. The lowest BCUT2D eigenvalue weighted by Gasteiger charge is -2.21. The van der Waals surface area contributed by atoms with E-state index in [9.17, 15) is 0 Å². The molecule has 2 aromatic rings. The highest BCUT2D eigenvalue weighted by molar-refractivity contribution is 5.63. The van der Waals surface area contributed by atoms with Crippen LogP contribution >= 0.6 is 0 Å². The molecule has 0 atom stereocenters. The van der Waals surface area contributed by atoms with Crippen LogP contribution in [0.25, 0.3) is 0 Å². The molecular weight excluding hydrogens is 248 g/mol. The smallest absolute Gasteiger partial charge is 0.135 e. The van der Waals surface area contributed by atoms with Gasteiger partial charge in [-0.15, -0.1) is 0 Å². The largest absolute Gasteiger partial charge is 0.329 e. The topological polar surface area (TPSA) is 33.1 Å². The Morgan fingerprint density at radius 2 is 1.85 bits per heavy atom. The number of nitrogens with zero attached hydrogens (tertiary/aromatic N) is 3. The van der Waals surface area contributed by atoms with E-state index >= 15 is 0 Å². The summed E-state index contributed by atoms with van der Waals surface area (Å²) < 4.78 is 1.96. The number of aromatic nitrogens is 2. The van der Waals surface area contributed by atoms with Crippen molar-refractivity contribution in [3.63, 3.8) is 0 Å². The summed E-state index contributed by atoms with van der Waals surface area (Å²) >= 11 is 0. The van der Waals surface area contributed by atoms with Gasteiger partial charge in [0.2, 0.25) is 0 Å². The van der Waals surface area contributed by atoms with Crippen LogP contribution in [-0.4, -0.2) is 23.4 Å². The van der Waals surface area contributed by atoms with Crippen molar-refractivity contribution in [1.29, 1.82) is 0 Å². The van der Waals surface area contributed by atoms with E-state index in [4.69, 9.17) is 0 Å². The lowest BCUT2D eigenvalue weighted by Crippen LogP contribution is -2.18. The second-order valence-electron chi connectivity index (χ2n) is 5.19. The van der Waals surface area contributed by atoms with Gasteiger partial charge in [-0.3, -0.25) is 4.68 Å². The minimum absolute atomic E-state index is 0.849. The fourth-order valence-electron chi connectivity index (χ4n) is 2.46. The van der Waals surface area contributed by atoms with Crippen LogP contribution in [0.5, 0.6) is 0 Å². The number of nitrogens with one attached hydrogen (secondary N) is 1. The second kappa shape index (κ2) is 6.09. The van der Waals surface area contributed by atoms with E-state index in [1.54, 1.807) is 0 Å². The van der Waals surface area contributed by atoms with Crippen molar-refractivity contribution in [2.24, 2.45) is 7.05 Å². The molecule has 1 aromatic heterocycles. The average molecular weight is 272 g/mol. The summed E-state index contributed by atoms with van der Waals surface area (Å²) in [5.74, 6) is 1.15. The molecule has 0 aliphatic heterocycles. The van der Waals surface area contributed by atoms with Crippen LogP contribution in [0.4, 0.5) is 11.5 Å². The van der Waals surface area contributed by atoms with Crippen LogP contribution in [0.15, 0.2) is 24.3 Å². The van der Waals surface area contributed by atoms with Gasteiger partial charge in [-0.25, -0.2) is 0 Å². The normalized spacial score (nSPS) is 10.8. The molecule has 0 spiro atoms. The quantitative estimate of drug-likeness (QED) is 0.908. The fraction of sp³-hybridized carbons (Fsp3) is 0.438. The predicted molar refractivity (Wildman–Crippen MR) is 84.6 cm³/mol. The molecule has 0 aliphatic rings. The van der Waals surface area contributed by atoms with E-state index < -0.39 is 0 Å². The van der Waals surface area contributed by atoms with Gasteiger partial charge in [0.1, 0.15) is 5.82 Å². The van der Waals surface area contributed by atoms with Crippen molar-refractivity contribution in [3.05, 3.63) is 41.1 Å². The van der Waals surface area contributed by atoms with Gasteiger partial charge < -0.3 is 10.2 Å². The molecule has 0 bridgehead atoms.